The van der Waals surface area contributed by atoms with Crippen LogP contribution in [0, 0.1) is 0 Å². The summed E-state index contributed by atoms with van der Waals surface area (Å²) in [7, 11) is -3.25. The largest absolute Gasteiger partial charge is 0.388 e. The van der Waals surface area contributed by atoms with E-state index >= 15 is 0 Å². The third-order valence-electron chi connectivity index (χ3n) is 5.74. The van der Waals surface area contributed by atoms with E-state index in [0.717, 1.165) is 35.1 Å². The van der Waals surface area contributed by atoms with Crippen LogP contribution in [0.2, 0.25) is 0 Å². The summed E-state index contributed by atoms with van der Waals surface area (Å²) in [5.41, 5.74) is 7.54. The molecule has 29 heavy (non-hydrogen) atoms. The lowest BCUT2D eigenvalue weighted by molar-refractivity contribution is -0.0190. The Kier molecular flexibility index (Phi) is 5.00. The SMILES string of the molecule is CCCc1nc2c(N)nc3ccccc3c2n1CC1(O)CCN(S(C)(=O)=O)CC1. The second-order valence-electron chi connectivity index (χ2n) is 7.96. The highest BCUT2D eigenvalue weighted by atomic mass is 32.2. The molecule has 1 fully saturated rings. The van der Waals surface area contributed by atoms with E-state index < -0.39 is 15.6 Å². The molecular formula is C20H27N5O3S. The van der Waals surface area contributed by atoms with E-state index in [-0.39, 0.29) is 0 Å². The van der Waals surface area contributed by atoms with Gasteiger partial charge in [-0.1, -0.05) is 25.1 Å². The van der Waals surface area contributed by atoms with E-state index in [0.29, 0.717) is 43.8 Å². The van der Waals surface area contributed by atoms with Gasteiger partial charge in [-0.3, -0.25) is 0 Å². The number of fused-ring (bicyclic) bond motifs is 3. The van der Waals surface area contributed by atoms with E-state index in [9.17, 15) is 13.5 Å². The van der Waals surface area contributed by atoms with Crippen molar-refractivity contribution in [3.8, 4) is 0 Å². The summed E-state index contributed by atoms with van der Waals surface area (Å²) < 4.78 is 27.1. The van der Waals surface area contributed by atoms with E-state index in [1.54, 1.807) is 0 Å². The third kappa shape index (κ3) is 3.70. The van der Waals surface area contributed by atoms with Crippen molar-refractivity contribution in [1.82, 2.24) is 18.8 Å². The molecule has 1 aliphatic rings. The number of nitrogens with two attached hydrogens (primary N) is 1. The summed E-state index contributed by atoms with van der Waals surface area (Å²) in [5, 5.41) is 12.3. The van der Waals surface area contributed by atoms with Gasteiger partial charge >= 0.3 is 0 Å². The van der Waals surface area contributed by atoms with E-state index in [2.05, 4.69) is 16.5 Å². The Morgan fingerprint density at radius 2 is 1.90 bits per heavy atom. The zero-order valence-corrected chi connectivity index (χ0v) is 17.6. The number of piperidine rings is 1. The first-order chi connectivity index (χ1) is 13.7. The van der Waals surface area contributed by atoms with Gasteiger partial charge < -0.3 is 15.4 Å². The average Bonchev–Trinajstić information content (AvgIpc) is 3.00. The molecule has 0 spiro atoms. The molecule has 4 rings (SSSR count). The fraction of sp³-hybridized carbons (Fsp3) is 0.500. The van der Waals surface area contributed by atoms with Gasteiger partial charge in [0.2, 0.25) is 10.0 Å². The van der Waals surface area contributed by atoms with Crippen LogP contribution in [0.25, 0.3) is 21.9 Å². The molecule has 8 nitrogen and oxygen atoms in total. The molecular weight excluding hydrogens is 390 g/mol. The fourth-order valence-corrected chi connectivity index (χ4v) is 5.02. The zero-order chi connectivity index (χ0) is 20.8. The van der Waals surface area contributed by atoms with Gasteiger partial charge in [0.1, 0.15) is 11.3 Å². The summed E-state index contributed by atoms with van der Waals surface area (Å²) in [6, 6.07) is 7.79. The number of anilines is 1. The van der Waals surface area contributed by atoms with Crippen LogP contribution in [0.5, 0.6) is 0 Å². The number of hydrogen-bond donors (Lipinski definition) is 2. The number of hydrogen-bond acceptors (Lipinski definition) is 6. The van der Waals surface area contributed by atoms with E-state index in [1.807, 2.05) is 24.3 Å². The molecule has 3 heterocycles. The summed E-state index contributed by atoms with van der Waals surface area (Å²) in [6.07, 6.45) is 3.64. The number of rotatable bonds is 5. The second-order valence-corrected chi connectivity index (χ2v) is 9.94. The van der Waals surface area contributed by atoms with Gasteiger partial charge in [-0.2, -0.15) is 0 Å². The number of imidazole rings is 1. The smallest absolute Gasteiger partial charge is 0.211 e. The van der Waals surface area contributed by atoms with Crippen molar-refractivity contribution in [3.05, 3.63) is 30.1 Å². The normalized spacial score (nSPS) is 17.9. The van der Waals surface area contributed by atoms with Crippen molar-refractivity contribution < 1.29 is 13.5 Å². The predicted octanol–water partition coefficient (Wildman–Crippen LogP) is 1.91. The van der Waals surface area contributed by atoms with Crippen LogP contribution in [0.3, 0.4) is 0 Å². The van der Waals surface area contributed by atoms with Crippen LogP contribution >= 0.6 is 0 Å². The zero-order valence-electron chi connectivity index (χ0n) is 16.8. The van der Waals surface area contributed by atoms with Crippen molar-refractivity contribution >= 4 is 37.8 Å². The number of aromatic nitrogens is 3. The van der Waals surface area contributed by atoms with Gasteiger partial charge in [-0.25, -0.2) is 22.7 Å². The average molecular weight is 418 g/mol. The number of sulfonamides is 1. The standard InChI is InChI=1S/C20H27N5O3S/c1-3-6-16-23-17-18(14-7-4-5-8-15(14)22-19(17)21)25(16)13-20(26)9-11-24(12-10-20)29(2,27)28/h4-5,7-8,26H,3,6,9-13H2,1-2H3,(H2,21,22). The molecule has 0 amide bonds. The van der Waals surface area contributed by atoms with Crippen molar-refractivity contribution in [2.45, 2.75) is 44.8 Å². The Bertz CT molecular complexity index is 1160. The Morgan fingerprint density at radius 1 is 1.21 bits per heavy atom. The van der Waals surface area contributed by atoms with Crippen LogP contribution in [-0.2, 0) is 23.0 Å². The predicted molar refractivity (Wildman–Crippen MR) is 114 cm³/mol. The molecule has 0 unspecified atom stereocenters. The maximum atomic E-state index is 11.8. The topological polar surface area (TPSA) is 114 Å². The molecule has 1 saturated heterocycles. The summed E-state index contributed by atoms with van der Waals surface area (Å²) in [6.45, 7) is 3.07. The van der Waals surface area contributed by atoms with Crippen LogP contribution in [0.15, 0.2) is 24.3 Å². The van der Waals surface area contributed by atoms with Gasteiger partial charge in [0.05, 0.1) is 29.4 Å². The minimum atomic E-state index is -3.25. The second kappa shape index (κ2) is 7.23. The van der Waals surface area contributed by atoms with Crippen LogP contribution < -0.4 is 5.73 Å². The molecule has 3 aromatic rings. The third-order valence-corrected chi connectivity index (χ3v) is 7.04. The highest BCUT2D eigenvalue weighted by Crippen LogP contribution is 2.33. The van der Waals surface area contributed by atoms with Crippen molar-refractivity contribution in [2.75, 3.05) is 25.1 Å². The number of para-hydroxylation sites is 1. The molecule has 0 radical (unpaired) electrons. The number of aliphatic hydroxyl groups is 1. The van der Waals surface area contributed by atoms with Crippen molar-refractivity contribution in [2.24, 2.45) is 0 Å². The molecule has 156 valence electrons. The number of nitrogens with zero attached hydrogens (tertiary/aromatic N) is 4. The molecule has 1 aliphatic heterocycles. The van der Waals surface area contributed by atoms with Crippen molar-refractivity contribution in [3.63, 3.8) is 0 Å². The molecule has 2 aromatic heterocycles. The summed E-state index contributed by atoms with van der Waals surface area (Å²) >= 11 is 0. The van der Waals surface area contributed by atoms with E-state index in [4.69, 9.17) is 10.7 Å². The lowest BCUT2D eigenvalue weighted by Crippen LogP contribution is -2.48. The highest BCUT2D eigenvalue weighted by Gasteiger charge is 2.36. The molecule has 0 aliphatic carbocycles. The lowest BCUT2D eigenvalue weighted by Gasteiger charge is -2.37. The quantitative estimate of drug-likeness (QED) is 0.655. The molecule has 0 saturated carbocycles. The molecule has 9 heteroatoms. The van der Waals surface area contributed by atoms with E-state index in [1.165, 1.54) is 10.6 Å². The maximum Gasteiger partial charge on any atom is 0.211 e. The number of nitrogen functional groups attached to an aromatic ring is 1. The van der Waals surface area contributed by atoms with Gasteiger partial charge in [-0.05, 0) is 25.3 Å². The first kappa shape index (κ1) is 20.1. The number of benzene rings is 1. The lowest BCUT2D eigenvalue weighted by atomic mass is 9.92. The molecule has 0 bridgehead atoms. The van der Waals surface area contributed by atoms with Crippen molar-refractivity contribution in [1.29, 1.82) is 0 Å². The fourth-order valence-electron chi connectivity index (χ4n) is 4.18. The molecule has 0 atom stereocenters. The Labute approximate surface area is 170 Å². The minimum absolute atomic E-state index is 0.315. The molecule has 1 aromatic carbocycles. The Balaban J connectivity index is 1.79. The monoisotopic (exact) mass is 417 g/mol. The maximum absolute atomic E-state index is 11.8. The minimum Gasteiger partial charge on any atom is -0.388 e. The van der Waals surface area contributed by atoms with Crippen LogP contribution in [0.1, 0.15) is 32.0 Å². The Morgan fingerprint density at radius 3 is 2.55 bits per heavy atom. The van der Waals surface area contributed by atoms with Gasteiger partial charge in [0, 0.05) is 24.9 Å². The number of pyridine rings is 1. The number of aryl methyl sites for hydroxylation is 1. The van der Waals surface area contributed by atoms with Gasteiger partial charge in [-0.15, -0.1) is 0 Å². The van der Waals surface area contributed by atoms with Gasteiger partial charge in [0.25, 0.3) is 0 Å². The Hall–Kier alpha value is -2.23. The van der Waals surface area contributed by atoms with Gasteiger partial charge in [0.15, 0.2) is 5.82 Å². The van der Waals surface area contributed by atoms with Crippen LogP contribution in [-0.4, -0.2) is 57.3 Å². The highest BCUT2D eigenvalue weighted by molar-refractivity contribution is 7.88. The first-order valence-corrected chi connectivity index (χ1v) is 11.8. The van der Waals surface area contributed by atoms with Crippen LogP contribution in [0.4, 0.5) is 5.82 Å². The molecule has 3 N–H and O–H groups in total. The summed E-state index contributed by atoms with van der Waals surface area (Å²) in [5.74, 6) is 1.25. The first-order valence-electron chi connectivity index (χ1n) is 9.93. The summed E-state index contributed by atoms with van der Waals surface area (Å²) in [4.78, 5) is 9.25.